The Balaban J connectivity index is 1.37. The van der Waals surface area contributed by atoms with Crippen molar-refractivity contribution in [2.24, 2.45) is 0 Å². The molecule has 200 valence electrons. The van der Waals surface area contributed by atoms with E-state index in [1.54, 1.807) is 0 Å². The molecule has 0 atom stereocenters. The van der Waals surface area contributed by atoms with Crippen LogP contribution < -0.4 is 0 Å². The molecule has 10 aromatic rings. The molecule has 0 aliphatic heterocycles. The Morgan fingerprint density at radius 3 is 2.00 bits per heavy atom. The van der Waals surface area contributed by atoms with Crippen LogP contribution in [0.4, 0.5) is 0 Å². The molecule has 5 heteroatoms. The lowest BCUT2D eigenvalue weighted by Gasteiger charge is -2.13. The smallest absolute Gasteiger partial charge is 0.247 e. The van der Waals surface area contributed by atoms with Gasteiger partial charge in [0, 0.05) is 32.5 Å². The van der Waals surface area contributed by atoms with Gasteiger partial charge in [0.25, 0.3) is 0 Å². The van der Waals surface area contributed by atoms with E-state index < -0.39 is 0 Å². The van der Waals surface area contributed by atoms with Crippen molar-refractivity contribution in [1.82, 2.24) is 14.5 Å². The van der Waals surface area contributed by atoms with Gasteiger partial charge in [0.05, 0.1) is 11.0 Å². The minimum atomic E-state index is 0.517. The van der Waals surface area contributed by atoms with Crippen LogP contribution >= 0.6 is 0 Å². The molecule has 0 saturated heterocycles. The molecule has 5 nitrogen and oxygen atoms in total. The van der Waals surface area contributed by atoms with E-state index in [4.69, 9.17) is 18.8 Å². The number of fused-ring (bicyclic) bond motifs is 10. The Hall–Kier alpha value is -5.94. The second-order valence-electron chi connectivity index (χ2n) is 11.0. The Labute approximate surface area is 244 Å². The van der Waals surface area contributed by atoms with Crippen molar-refractivity contribution in [3.8, 4) is 17.1 Å². The second kappa shape index (κ2) is 8.30. The molecule has 0 spiro atoms. The van der Waals surface area contributed by atoms with Gasteiger partial charge in [-0.3, -0.25) is 4.57 Å². The summed E-state index contributed by atoms with van der Waals surface area (Å²) in [6, 6.07) is 44.0. The predicted molar refractivity (Wildman–Crippen MR) is 174 cm³/mol. The van der Waals surface area contributed by atoms with Crippen LogP contribution in [0.5, 0.6) is 0 Å². The molecule has 0 N–H and O–H groups in total. The van der Waals surface area contributed by atoms with E-state index in [9.17, 15) is 0 Å². The van der Waals surface area contributed by atoms with Gasteiger partial charge in [-0.15, -0.1) is 0 Å². The van der Waals surface area contributed by atoms with Crippen molar-refractivity contribution in [2.45, 2.75) is 0 Å². The number of aromatic nitrogens is 3. The van der Waals surface area contributed by atoms with Crippen LogP contribution in [0, 0.1) is 0 Å². The number of para-hydroxylation sites is 3. The highest BCUT2D eigenvalue weighted by Gasteiger charge is 2.22. The van der Waals surface area contributed by atoms with Crippen molar-refractivity contribution in [3.05, 3.63) is 127 Å². The maximum Gasteiger partial charge on any atom is 0.247 e. The van der Waals surface area contributed by atoms with Crippen LogP contribution in [0.3, 0.4) is 0 Å². The lowest BCUT2D eigenvalue weighted by atomic mass is 10.1. The maximum absolute atomic E-state index is 6.26. The average Bonchev–Trinajstić information content (AvgIpc) is 3.71. The molecule has 0 aliphatic carbocycles. The minimum Gasteiger partial charge on any atom is -0.456 e. The molecule has 0 fully saturated rings. The summed E-state index contributed by atoms with van der Waals surface area (Å²) in [5.74, 6) is 0.757. The Kier molecular flexibility index (Phi) is 4.39. The predicted octanol–water partition coefficient (Wildman–Crippen LogP) is 10.2. The number of nitrogens with zero attached hydrogens (tertiary/aromatic N) is 3. The van der Waals surface area contributed by atoms with E-state index in [1.165, 1.54) is 21.5 Å². The zero-order chi connectivity index (χ0) is 28.1. The topological polar surface area (TPSA) is 57.0 Å². The zero-order valence-electron chi connectivity index (χ0n) is 22.8. The zero-order valence-corrected chi connectivity index (χ0v) is 22.8. The fourth-order valence-electron chi connectivity index (χ4n) is 6.62. The van der Waals surface area contributed by atoms with Crippen molar-refractivity contribution >= 4 is 76.7 Å². The van der Waals surface area contributed by atoms with E-state index in [2.05, 4.69) is 83.4 Å². The molecular weight excluding hydrogens is 530 g/mol. The van der Waals surface area contributed by atoms with E-state index in [1.807, 2.05) is 48.5 Å². The van der Waals surface area contributed by atoms with Crippen molar-refractivity contribution in [1.29, 1.82) is 0 Å². The van der Waals surface area contributed by atoms with Gasteiger partial charge in [-0.25, -0.2) is 9.97 Å². The summed E-state index contributed by atoms with van der Waals surface area (Å²) in [5.41, 5.74) is 7.58. The van der Waals surface area contributed by atoms with Gasteiger partial charge in [-0.05, 0) is 65.4 Å². The third kappa shape index (κ3) is 3.16. The fourth-order valence-corrected chi connectivity index (χ4v) is 6.62. The number of furan rings is 2. The summed E-state index contributed by atoms with van der Waals surface area (Å²) in [4.78, 5) is 10.6. The van der Waals surface area contributed by atoms with Crippen LogP contribution in [0.25, 0.3) is 93.8 Å². The molecule has 43 heavy (non-hydrogen) atoms. The Bertz CT molecular complexity index is 2750. The molecule has 0 amide bonds. The SMILES string of the molecule is c1ccc2cc3c(cc2c1)c1ccccc1n3-c1nc2c(nc1-c1ccc3oc4ccccc4c3c1)oc1ccccc12. The summed E-state index contributed by atoms with van der Waals surface area (Å²) in [6.45, 7) is 0. The summed E-state index contributed by atoms with van der Waals surface area (Å²) < 4.78 is 14.7. The average molecular weight is 552 g/mol. The standard InChI is InChI=1S/C38H21N3O2/c1-2-10-23-21-31-28(19-22(23)9-1)25-11-3-6-14-30(25)41(31)37-35(40-38-36(39-37)27-13-5-8-16-33(27)43-38)24-17-18-34-29(20-24)26-12-4-7-15-32(26)42-34/h1-21H. The monoisotopic (exact) mass is 551 g/mol. The quantitative estimate of drug-likeness (QED) is 0.214. The molecule has 0 bridgehead atoms. The Morgan fingerprint density at radius 1 is 0.465 bits per heavy atom. The van der Waals surface area contributed by atoms with Crippen LogP contribution in [-0.2, 0) is 0 Å². The third-order valence-corrected chi connectivity index (χ3v) is 8.60. The summed E-state index contributed by atoms with van der Waals surface area (Å²) in [7, 11) is 0. The normalized spacial score (nSPS) is 12.2. The molecule has 0 unspecified atom stereocenters. The van der Waals surface area contributed by atoms with Gasteiger partial charge in [0.1, 0.15) is 28.0 Å². The van der Waals surface area contributed by atoms with Gasteiger partial charge in [0.2, 0.25) is 5.71 Å². The third-order valence-electron chi connectivity index (χ3n) is 8.60. The highest BCUT2D eigenvalue weighted by Crippen LogP contribution is 2.40. The summed E-state index contributed by atoms with van der Waals surface area (Å²) in [6.07, 6.45) is 0. The minimum absolute atomic E-state index is 0.517. The van der Waals surface area contributed by atoms with Gasteiger partial charge in [-0.2, -0.15) is 0 Å². The molecular formula is C38H21N3O2. The molecule has 0 aliphatic rings. The largest absolute Gasteiger partial charge is 0.456 e. The molecule has 10 rings (SSSR count). The van der Waals surface area contributed by atoms with E-state index in [0.29, 0.717) is 5.71 Å². The summed E-state index contributed by atoms with van der Waals surface area (Å²) in [5, 5.41) is 7.79. The van der Waals surface area contributed by atoms with Gasteiger partial charge >= 0.3 is 0 Å². The van der Waals surface area contributed by atoms with E-state index in [-0.39, 0.29) is 0 Å². The van der Waals surface area contributed by atoms with Crippen LogP contribution in [0.2, 0.25) is 0 Å². The van der Waals surface area contributed by atoms with E-state index in [0.717, 1.165) is 66.5 Å². The molecule has 4 aromatic heterocycles. The van der Waals surface area contributed by atoms with Gasteiger partial charge in [0.15, 0.2) is 5.82 Å². The number of benzene rings is 6. The lowest BCUT2D eigenvalue weighted by molar-refractivity contribution is 0.653. The van der Waals surface area contributed by atoms with Gasteiger partial charge < -0.3 is 8.83 Å². The van der Waals surface area contributed by atoms with Gasteiger partial charge in [-0.1, -0.05) is 72.8 Å². The number of hydrogen-bond donors (Lipinski definition) is 0. The number of hydrogen-bond acceptors (Lipinski definition) is 4. The molecule has 6 aromatic carbocycles. The first-order chi connectivity index (χ1) is 21.3. The number of rotatable bonds is 2. The van der Waals surface area contributed by atoms with Crippen molar-refractivity contribution in [2.75, 3.05) is 0 Å². The molecule has 0 saturated carbocycles. The first-order valence-corrected chi connectivity index (χ1v) is 14.3. The van der Waals surface area contributed by atoms with Crippen molar-refractivity contribution in [3.63, 3.8) is 0 Å². The lowest BCUT2D eigenvalue weighted by Crippen LogP contribution is -2.03. The van der Waals surface area contributed by atoms with E-state index >= 15 is 0 Å². The highest BCUT2D eigenvalue weighted by molar-refractivity contribution is 6.14. The van der Waals surface area contributed by atoms with Crippen molar-refractivity contribution < 1.29 is 8.83 Å². The maximum atomic E-state index is 6.26. The molecule has 4 heterocycles. The first kappa shape index (κ1) is 22.7. The molecule has 0 radical (unpaired) electrons. The first-order valence-electron chi connectivity index (χ1n) is 14.3. The Morgan fingerprint density at radius 2 is 1.14 bits per heavy atom. The summed E-state index contributed by atoms with van der Waals surface area (Å²) >= 11 is 0. The van der Waals surface area contributed by atoms with Crippen LogP contribution in [0.15, 0.2) is 136 Å². The fraction of sp³-hybridized carbons (Fsp3) is 0. The van der Waals surface area contributed by atoms with Crippen LogP contribution in [-0.4, -0.2) is 14.5 Å². The van der Waals surface area contributed by atoms with Crippen LogP contribution in [0.1, 0.15) is 0 Å². The highest BCUT2D eigenvalue weighted by atomic mass is 16.3. The second-order valence-corrected chi connectivity index (χ2v) is 11.0.